The Morgan fingerprint density at radius 2 is 0.853 bits per heavy atom. The molecule has 0 spiro atoms. The van der Waals surface area contributed by atoms with E-state index in [1.807, 2.05) is 0 Å². The van der Waals surface area contributed by atoms with E-state index in [0.717, 1.165) is 17.8 Å². The number of hydrogen-bond donors (Lipinski definition) is 0. The van der Waals surface area contributed by atoms with Crippen molar-refractivity contribution in [2.75, 3.05) is 14.7 Å². The second-order valence-corrected chi connectivity index (χ2v) is 29.0. The molecule has 7 aromatic carbocycles. The molecule has 0 radical (unpaired) electrons. The summed E-state index contributed by atoms with van der Waals surface area (Å²) in [4.78, 5) is 7.87. The van der Waals surface area contributed by atoms with Gasteiger partial charge < -0.3 is 14.7 Å². The van der Waals surface area contributed by atoms with Crippen molar-refractivity contribution in [3.63, 3.8) is 0 Å². The van der Waals surface area contributed by atoms with Crippen molar-refractivity contribution in [1.82, 2.24) is 0 Å². The fourth-order valence-electron chi connectivity index (χ4n) is 13.4. The molecule has 4 heteroatoms. The zero-order valence-electron chi connectivity index (χ0n) is 48.9. The molecule has 0 amide bonds. The van der Waals surface area contributed by atoms with Gasteiger partial charge in [-0.2, -0.15) is 0 Å². The average molecular weight is 990 g/mol. The van der Waals surface area contributed by atoms with Crippen LogP contribution in [-0.4, -0.2) is 6.71 Å². The van der Waals surface area contributed by atoms with Gasteiger partial charge in [0.15, 0.2) is 0 Å². The molecular formula is C71H84BN3. The Morgan fingerprint density at radius 1 is 0.413 bits per heavy atom. The number of fused-ring (bicyclic) bond motifs is 6. The number of benzene rings is 7. The summed E-state index contributed by atoms with van der Waals surface area (Å²) in [6.45, 7) is 43.0. The third-order valence-electron chi connectivity index (χ3n) is 18.5. The van der Waals surface area contributed by atoms with Gasteiger partial charge in [0.05, 0.1) is 0 Å². The maximum Gasteiger partial charge on any atom is 0.252 e. The summed E-state index contributed by atoms with van der Waals surface area (Å²) in [5, 5.41) is 0. The Labute approximate surface area is 452 Å². The predicted molar refractivity (Wildman–Crippen MR) is 327 cm³/mol. The number of aryl methyl sites for hydroxylation is 1. The Kier molecular flexibility index (Phi) is 11.6. The second kappa shape index (κ2) is 17.0. The fourth-order valence-corrected chi connectivity index (χ4v) is 13.4. The van der Waals surface area contributed by atoms with Crippen LogP contribution in [0.25, 0.3) is 0 Å². The Hall–Kier alpha value is -6.00. The molecule has 4 aliphatic rings. The lowest BCUT2D eigenvalue weighted by Crippen LogP contribution is -2.61. The van der Waals surface area contributed by atoms with Crippen LogP contribution in [0.3, 0.4) is 0 Å². The second-order valence-electron chi connectivity index (χ2n) is 29.0. The lowest BCUT2D eigenvalue weighted by atomic mass is 9.33. The van der Waals surface area contributed by atoms with E-state index in [4.69, 9.17) is 0 Å². The quantitative estimate of drug-likeness (QED) is 0.159. The zero-order valence-corrected chi connectivity index (χ0v) is 48.9. The highest BCUT2D eigenvalue weighted by Crippen LogP contribution is 2.53. The van der Waals surface area contributed by atoms with Crippen molar-refractivity contribution in [2.24, 2.45) is 0 Å². The van der Waals surface area contributed by atoms with Crippen LogP contribution in [0.5, 0.6) is 0 Å². The van der Waals surface area contributed by atoms with Gasteiger partial charge in [-0.3, -0.25) is 0 Å². The lowest BCUT2D eigenvalue weighted by molar-refractivity contribution is 0.332. The van der Waals surface area contributed by atoms with Gasteiger partial charge >= 0.3 is 0 Å². The highest BCUT2D eigenvalue weighted by atomic mass is 15.2. The molecule has 3 nitrogen and oxygen atoms in total. The first kappa shape index (κ1) is 51.1. The van der Waals surface area contributed by atoms with E-state index in [0.29, 0.717) is 0 Å². The maximum atomic E-state index is 2.67. The van der Waals surface area contributed by atoms with Gasteiger partial charge in [-0.1, -0.05) is 178 Å². The third kappa shape index (κ3) is 8.47. The monoisotopic (exact) mass is 990 g/mol. The molecule has 0 fully saturated rings. The summed E-state index contributed by atoms with van der Waals surface area (Å²) >= 11 is 0. The molecule has 2 heterocycles. The molecule has 7 aromatic rings. The molecule has 2 aliphatic heterocycles. The molecule has 2 aliphatic carbocycles. The van der Waals surface area contributed by atoms with Crippen LogP contribution >= 0.6 is 0 Å². The molecule has 0 atom stereocenters. The van der Waals surface area contributed by atoms with Gasteiger partial charge in [-0.25, -0.2) is 0 Å². The first-order chi connectivity index (χ1) is 35.0. The van der Waals surface area contributed by atoms with Gasteiger partial charge in [0.25, 0.3) is 6.71 Å². The summed E-state index contributed by atoms with van der Waals surface area (Å²) < 4.78 is 0. The SMILES string of the molecule is Cc1ccc(N(c2ccc(C(C)(C)C)cc2)c2cc3c(cc2C(C)(C)C)N(c2ccc4c(c2)C(C)(C)CCC4(C)C)c2cccc4c2B3c2ccc(C(C)(C)C)cc2N4c2ccc3c(c2)C(C)(C)CCC3(C)C)cc1. The highest BCUT2D eigenvalue weighted by Gasteiger charge is 2.47. The number of nitrogens with zero attached hydrogens (tertiary/aromatic N) is 3. The van der Waals surface area contributed by atoms with E-state index in [1.165, 1.54) is 120 Å². The van der Waals surface area contributed by atoms with Crippen molar-refractivity contribution in [3.05, 3.63) is 178 Å². The molecule has 0 aromatic heterocycles. The van der Waals surface area contributed by atoms with Crippen molar-refractivity contribution in [1.29, 1.82) is 0 Å². The number of anilines is 9. The number of rotatable bonds is 5. The minimum absolute atomic E-state index is 0.0345. The summed E-state index contributed by atoms with van der Waals surface area (Å²) in [6.07, 6.45) is 4.71. The molecular weight excluding hydrogens is 906 g/mol. The normalized spacial score (nSPS) is 17.9. The van der Waals surface area contributed by atoms with Gasteiger partial charge in [0, 0.05) is 51.2 Å². The highest BCUT2D eigenvalue weighted by molar-refractivity contribution is 7.00. The van der Waals surface area contributed by atoms with Crippen molar-refractivity contribution in [2.45, 2.75) is 188 Å². The fraction of sp³-hybridized carbons (Fsp3) is 0.408. The van der Waals surface area contributed by atoms with E-state index in [9.17, 15) is 0 Å². The maximum absolute atomic E-state index is 2.67. The average Bonchev–Trinajstić information content (AvgIpc) is 3.34. The molecule has 0 saturated heterocycles. The Bertz CT molecular complexity index is 3390. The minimum Gasteiger partial charge on any atom is -0.311 e. The molecule has 0 bridgehead atoms. The first-order valence-corrected chi connectivity index (χ1v) is 28.3. The van der Waals surface area contributed by atoms with Crippen LogP contribution in [0.2, 0.25) is 0 Å². The van der Waals surface area contributed by atoms with E-state index in [1.54, 1.807) is 0 Å². The van der Waals surface area contributed by atoms with Gasteiger partial charge in [0.1, 0.15) is 0 Å². The van der Waals surface area contributed by atoms with Crippen molar-refractivity contribution < 1.29 is 0 Å². The molecule has 0 saturated carbocycles. The Balaban J connectivity index is 1.25. The predicted octanol–water partition coefficient (Wildman–Crippen LogP) is 18.1. The summed E-state index contributed by atoms with van der Waals surface area (Å²) in [6, 6.07) is 53.5. The van der Waals surface area contributed by atoms with Crippen LogP contribution < -0.4 is 31.1 Å². The van der Waals surface area contributed by atoms with E-state index in [2.05, 4.69) is 273 Å². The molecule has 75 heavy (non-hydrogen) atoms. The third-order valence-corrected chi connectivity index (χ3v) is 18.5. The molecule has 0 unspecified atom stereocenters. The molecule has 386 valence electrons. The van der Waals surface area contributed by atoms with Gasteiger partial charge in [-0.05, 0) is 205 Å². The largest absolute Gasteiger partial charge is 0.311 e. The molecule has 11 rings (SSSR count). The van der Waals surface area contributed by atoms with Crippen molar-refractivity contribution >= 4 is 74.3 Å². The minimum atomic E-state index is -0.216. The standard InChI is InChI=1S/C71H84BN3/c1-45-22-27-48(28-23-45)73(49-29-24-46(25-30-49)65(2,3)4)61-44-58-63(43-56(61)67(8,9)10)75(51-32-34-53-55(42-51)71(17,18)39-37-69(53,13)14)60-21-19-20-59-64(60)72(58)57-35-26-47(66(5,6)7)40-62(57)74(59)50-31-33-52-54(41-50)70(15,16)38-36-68(52,11)12/h19-35,40-44H,36-39H2,1-18H3. The smallest absolute Gasteiger partial charge is 0.252 e. The van der Waals surface area contributed by atoms with Crippen LogP contribution in [0.1, 0.15) is 188 Å². The topological polar surface area (TPSA) is 9.72 Å². The summed E-state index contributed by atoms with van der Waals surface area (Å²) in [5.41, 5.74) is 26.4. The van der Waals surface area contributed by atoms with Crippen LogP contribution in [0, 0.1) is 6.92 Å². The Morgan fingerprint density at radius 3 is 1.32 bits per heavy atom. The van der Waals surface area contributed by atoms with Gasteiger partial charge in [-0.15, -0.1) is 0 Å². The van der Waals surface area contributed by atoms with Gasteiger partial charge in [0.2, 0.25) is 0 Å². The molecule has 0 N–H and O–H groups in total. The summed E-state index contributed by atoms with van der Waals surface area (Å²) in [7, 11) is 0. The van der Waals surface area contributed by atoms with Crippen LogP contribution in [0.15, 0.2) is 133 Å². The lowest BCUT2D eigenvalue weighted by Gasteiger charge is -2.47. The first-order valence-electron chi connectivity index (χ1n) is 28.3. The van der Waals surface area contributed by atoms with E-state index >= 15 is 0 Å². The summed E-state index contributed by atoms with van der Waals surface area (Å²) in [5.74, 6) is 0. The van der Waals surface area contributed by atoms with E-state index < -0.39 is 0 Å². The zero-order chi connectivity index (χ0) is 53.7. The van der Waals surface area contributed by atoms with Crippen LogP contribution in [0.4, 0.5) is 51.2 Å². The van der Waals surface area contributed by atoms with E-state index in [-0.39, 0.29) is 44.6 Å². The number of hydrogen-bond acceptors (Lipinski definition) is 3. The van der Waals surface area contributed by atoms with Crippen molar-refractivity contribution in [3.8, 4) is 0 Å². The van der Waals surface area contributed by atoms with Crippen LogP contribution in [-0.2, 0) is 37.9 Å².